The van der Waals surface area contributed by atoms with E-state index in [0.717, 1.165) is 27.3 Å². The third-order valence-corrected chi connectivity index (χ3v) is 6.08. The van der Waals surface area contributed by atoms with E-state index in [9.17, 15) is 9.59 Å². The Kier molecular flexibility index (Phi) is 7.60. The Bertz CT molecular complexity index is 1100. The maximum absolute atomic E-state index is 12.8. The number of carbonyl (C=O) groups is 2. The molecule has 0 atom stereocenters. The summed E-state index contributed by atoms with van der Waals surface area (Å²) in [7, 11) is 0. The van der Waals surface area contributed by atoms with Gasteiger partial charge in [-0.3, -0.25) is 4.79 Å². The van der Waals surface area contributed by atoms with Gasteiger partial charge in [-0.1, -0.05) is 41.9 Å². The SMILES string of the molecule is Cc1cccc(SN(CC(=O)NCc2cccc(C(=O)O)c2)c2cccc(Cl)c2C)c1. The van der Waals surface area contributed by atoms with Crippen LogP contribution in [0.1, 0.15) is 27.0 Å². The van der Waals surface area contributed by atoms with Gasteiger partial charge in [0, 0.05) is 16.5 Å². The van der Waals surface area contributed by atoms with Crippen molar-refractivity contribution in [3.8, 4) is 0 Å². The summed E-state index contributed by atoms with van der Waals surface area (Å²) in [6.07, 6.45) is 0. The lowest BCUT2D eigenvalue weighted by Crippen LogP contribution is -2.34. The molecule has 160 valence electrons. The molecule has 0 aromatic heterocycles. The largest absolute Gasteiger partial charge is 0.478 e. The average Bonchev–Trinajstić information content (AvgIpc) is 2.74. The van der Waals surface area contributed by atoms with E-state index < -0.39 is 5.97 Å². The van der Waals surface area contributed by atoms with Crippen LogP contribution < -0.4 is 9.62 Å². The molecule has 0 radical (unpaired) electrons. The van der Waals surface area contributed by atoms with Crippen molar-refractivity contribution < 1.29 is 14.7 Å². The highest BCUT2D eigenvalue weighted by Crippen LogP contribution is 2.34. The second kappa shape index (κ2) is 10.4. The Morgan fingerprint density at radius 1 is 1.03 bits per heavy atom. The van der Waals surface area contributed by atoms with Crippen molar-refractivity contribution in [3.63, 3.8) is 0 Å². The van der Waals surface area contributed by atoms with Gasteiger partial charge in [0.2, 0.25) is 5.91 Å². The summed E-state index contributed by atoms with van der Waals surface area (Å²) in [6, 6.07) is 20.2. The first-order valence-corrected chi connectivity index (χ1v) is 10.8. The quantitative estimate of drug-likeness (QED) is 0.441. The molecule has 2 N–H and O–H groups in total. The molecule has 0 aliphatic carbocycles. The number of aromatic carboxylic acids is 1. The standard InChI is InChI=1S/C24H23ClN2O3S/c1-16-6-3-9-20(12-16)31-27(22-11-5-10-21(25)17(22)2)15-23(28)26-14-18-7-4-8-19(13-18)24(29)30/h3-13H,14-15H2,1-2H3,(H,26,28)(H,29,30). The van der Waals surface area contributed by atoms with E-state index in [4.69, 9.17) is 16.7 Å². The molecule has 3 aromatic rings. The van der Waals surface area contributed by atoms with Crippen molar-refractivity contribution in [2.45, 2.75) is 25.3 Å². The van der Waals surface area contributed by atoms with E-state index >= 15 is 0 Å². The van der Waals surface area contributed by atoms with Gasteiger partial charge in [0.15, 0.2) is 0 Å². The predicted octanol–water partition coefficient (Wildman–Crippen LogP) is 5.49. The van der Waals surface area contributed by atoms with Gasteiger partial charge in [-0.2, -0.15) is 0 Å². The normalized spacial score (nSPS) is 10.5. The average molecular weight is 455 g/mol. The van der Waals surface area contributed by atoms with Crippen molar-refractivity contribution in [1.82, 2.24) is 5.32 Å². The van der Waals surface area contributed by atoms with Crippen molar-refractivity contribution in [1.29, 1.82) is 0 Å². The minimum absolute atomic E-state index is 0.110. The molecular formula is C24H23ClN2O3S. The molecule has 3 rings (SSSR count). The van der Waals surface area contributed by atoms with Crippen LogP contribution in [0.4, 0.5) is 5.69 Å². The molecule has 3 aromatic carbocycles. The monoisotopic (exact) mass is 454 g/mol. The first-order chi connectivity index (χ1) is 14.8. The number of benzene rings is 3. The summed E-state index contributed by atoms with van der Waals surface area (Å²) < 4.78 is 1.92. The maximum atomic E-state index is 12.8. The number of carbonyl (C=O) groups excluding carboxylic acids is 1. The number of halogens is 1. The number of rotatable bonds is 8. The van der Waals surface area contributed by atoms with Crippen molar-refractivity contribution in [2.75, 3.05) is 10.8 Å². The molecular weight excluding hydrogens is 432 g/mol. The highest BCUT2D eigenvalue weighted by Gasteiger charge is 2.17. The van der Waals surface area contributed by atoms with Crippen LogP contribution in [0.25, 0.3) is 0 Å². The van der Waals surface area contributed by atoms with Crippen LogP contribution >= 0.6 is 23.5 Å². The molecule has 0 bridgehead atoms. The number of nitrogens with one attached hydrogen (secondary N) is 1. The Balaban J connectivity index is 1.76. The molecule has 5 nitrogen and oxygen atoms in total. The summed E-state index contributed by atoms with van der Waals surface area (Å²) in [5.74, 6) is -1.18. The predicted molar refractivity (Wildman–Crippen MR) is 126 cm³/mol. The number of aryl methyl sites for hydroxylation is 1. The van der Waals surface area contributed by atoms with Gasteiger partial charge >= 0.3 is 5.97 Å². The van der Waals surface area contributed by atoms with Gasteiger partial charge in [0.1, 0.15) is 6.54 Å². The number of amides is 1. The smallest absolute Gasteiger partial charge is 0.335 e. The maximum Gasteiger partial charge on any atom is 0.335 e. The lowest BCUT2D eigenvalue weighted by Gasteiger charge is -2.25. The molecule has 0 saturated carbocycles. The van der Waals surface area contributed by atoms with Crippen LogP contribution in [0, 0.1) is 13.8 Å². The number of carboxylic acids is 1. The van der Waals surface area contributed by atoms with E-state index in [0.29, 0.717) is 5.02 Å². The van der Waals surface area contributed by atoms with Crippen LogP contribution in [-0.4, -0.2) is 23.5 Å². The van der Waals surface area contributed by atoms with Gasteiger partial charge in [-0.05, 0) is 78.9 Å². The fraction of sp³-hybridized carbons (Fsp3) is 0.167. The topological polar surface area (TPSA) is 69.6 Å². The number of anilines is 1. The Morgan fingerprint density at radius 2 is 1.77 bits per heavy atom. The fourth-order valence-corrected chi connectivity index (χ4v) is 4.31. The molecule has 0 unspecified atom stereocenters. The summed E-state index contributed by atoms with van der Waals surface area (Å²) >= 11 is 7.79. The van der Waals surface area contributed by atoms with Gasteiger partial charge in [-0.25, -0.2) is 4.79 Å². The zero-order valence-corrected chi connectivity index (χ0v) is 18.8. The lowest BCUT2D eigenvalue weighted by molar-refractivity contribution is -0.119. The summed E-state index contributed by atoms with van der Waals surface area (Å²) in [5, 5.41) is 12.6. The molecule has 31 heavy (non-hydrogen) atoms. The van der Waals surface area contributed by atoms with Crippen LogP contribution in [0.15, 0.2) is 71.6 Å². The summed E-state index contributed by atoms with van der Waals surface area (Å²) in [6.45, 7) is 4.31. The second-order valence-electron chi connectivity index (χ2n) is 7.11. The van der Waals surface area contributed by atoms with Crippen molar-refractivity contribution in [3.05, 3.63) is 94.0 Å². The molecule has 0 spiro atoms. The molecule has 0 heterocycles. The molecule has 0 fully saturated rings. The zero-order chi connectivity index (χ0) is 22.4. The molecule has 0 saturated heterocycles. The molecule has 7 heteroatoms. The van der Waals surface area contributed by atoms with Crippen LogP contribution in [0.5, 0.6) is 0 Å². The van der Waals surface area contributed by atoms with Gasteiger partial charge < -0.3 is 14.7 Å². The second-order valence-corrected chi connectivity index (χ2v) is 8.61. The number of carboxylic acid groups (broad SMARTS) is 1. The number of nitrogens with zero attached hydrogens (tertiary/aromatic N) is 1. The first-order valence-electron chi connectivity index (χ1n) is 9.69. The highest BCUT2D eigenvalue weighted by atomic mass is 35.5. The zero-order valence-electron chi connectivity index (χ0n) is 17.3. The highest BCUT2D eigenvalue weighted by molar-refractivity contribution is 8.00. The van der Waals surface area contributed by atoms with E-state index in [2.05, 4.69) is 11.4 Å². The van der Waals surface area contributed by atoms with E-state index in [1.807, 2.05) is 54.6 Å². The van der Waals surface area contributed by atoms with Gasteiger partial charge in [-0.15, -0.1) is 0 Å². The van der Waals surface area contributed by atoms with Gasteiger partial charge in [0.25, 0.3) is 0 Å². The van der Waals surface area contributed by atoms with E-state index in [1.165, 1.54) is 18.0 Å². The molecule has 1 amide bonds. The van der Waals surface area contributed by atoms with Crippen molar-refractivity contribution in [2.24, 2.45) is 0 Å². The van der Waals surface area contributed by atoms with Crippen molar-refractivity contribution >= 4 is 41.1 Å². The Labute approximate surface area is 191 Å². The summed E-state index contributed by atoms with van der Waals surface area (Å²) in [4.78, 5) is 24.9. The number of hydrogen-bond acceptors (Lipinski definition) is 4. The minimum Gasteiger partial charge on any atom is -0.478 e. The lowest BCUT2D eigenvalue weighted by atomic mass is 10.1. The van der Waals surface area contributed by atoms with E-state index in [1.54, 1.807) is 18.2 Å². The van der Waals surface area contributed by atoms with E-state index in [-0.39, 0.29) is 24.6 Å². The first kappa shape index (κ1) is 22.7. The summed E-state index contributed by atoms with van der Waals surface area (Å²) in [5.41, 5.74) is 3.81. The van der Waals surface area contributed by atoms with Crippen LogP contribution in [0.2, 0.25) is 5.02 Å². The third-order valence-electron chi connectivity index (χ3n) is 4.66. The van der Waals surface area contributed by atoms with Crippen LogP contribution in [0.3, 0.4) is 0 Å². The number of hydrogen-bond donors (Lipinski definition) is 2. The molecule has 0 aliphatic heterocycles. The fourth-order valence-electron chi connectivity index (χ4n) is 3.03. The Hall–Kier alpha value is -2.96. The third kappa shape index (κ3) is 6.26. The van der Waals surface area contributed by atoms with Gasteiger partial charge in [0.05, 0.1) is 11.3 Å². The minimum atomic E-state index is -0.995. The molecule has 0 aliphatic rings. The van der Waals surface area contributed by atoms with Crippen LogP contribution in [-0.2, 0) is 11.3 Å². The Morgan fingerprint density at radius 3 is 2.52 bits per heavy atom.